The van der Waals surface area contributed by atoms with Crippen molar-refractivity contribution in [3.05, 3.63) is 11.4 Å². The van der Waals surface area contributed by atoms with E-state index in [4.69, 9.17) is 10.8 Å². The minimum Gasteiger partial charge on any atom is -0.394 e. The molecular formula is C10H18N4O. The van der Waals surface area contributed by atoms with E-state index in [-0.39, 0.29) is 12.6 Å². The molecule has 0 aromatic carbocycles. The van der Waals surface area contributed by atoms with Crippen molar-refractivity contribution in [3.8, 4) is 0 Å². The van der Waals surface area contributed by atoms with Crippen molar-refractivity contribution in [2.24, 2.45) is 11.7 Å². The van der Waals surface area contributed by atoms with Gasteiger partial charge in [0.15, 0.2) is 0 Å². The van der Waals surface area contributed by atoms with Crippen LogP contribution in [0, 0.1) is 5.92 Å². The normalized spacial score (nSPS) is 18.1. The number of aliphatic hydroxyl groups is 1. The fraction of sp³-hybridized carbons (Fsp3) is 0.800. The number of aromatic nitrogens is 3. The number of rotatable bonds is 5. The topological polar surface area (TPSA) is 77.0 Å². The van der Waals surface area contributed by atoms with Crippen molar-refractivity contribution in [1.82, 2.24) is 15.0 Å². The van der Waals surface area contributed by atoms with Gasteiger partial charge in [-0.05, 0) is 32.1 Å². The first-order chi connectivity index (χ1) is 7.26. The van der Waals surface area contributed by atoms with Crippen molar-refractivity contribution >= 4 is 0 Å². The Morgan fingerprint density at radius 3 is 2.87 bits per heavy atom. The third kappa shape index (κ3) is 2.18. The zero-order valence-corrected chi connectivity index (χ0v) is 9.06. The highest BCUT2D eigenvalue weighted by Crippen LogP contribution is 2.33. The largest absolute Gasteiger partial charge is 0.394 e. The first-order valence-corrected chi connectivity index (χ1v) is 5.50. The molecule has 1 saturated carbocycles. The van der Waals surface area contributed by atoms with Crippen molar-refractivity contribution < 1.29 is 5.11 Å². The number of aliphatic hydroxyl groups excluding tert-OH is 1. The predicted octanol–water partition coefficient (Wildman–Crippen LogP) is 0.243. The lowest BCUT2D eigenvalue weighted by molar-refractivity contribution is 0.225. The summed E-state index contributed by atoms with van der Waals surface area (Å²) in [5, 5.41) is 17.3. The van der Waals surface area contributed by atoms with Gasteiger partial charge in [-0.2, -0.15) is 0 Å². The van der Waals surface area contributed by atoms with E-state index in [0.717, 1.165) is 23.7 Å². The van der Waals surface area contributed by atoms with Crippen molar-refractivity contribution in [2.75, 3.05) is 6.61 Å². The Morgan fingerprint density at radius 2 is 2.33 bits per heavy atom. The Morgan fingerprint density at radius 1 is 1.60 bits per heavy atom. The standard InChI is InChI=1S/C10H18N4O/c1-7(6-15)14-10(4-8-2-3-8)9(5-11)12-13-14/h7-8,15H,2-6,11H2,1H3. The molecular weight excluding hydrogens is 192 g/mol. The van der Waals surface area contributed by atoms with Crippen LogP contribution in [0.5, 0.6) is 0 Å². The summed E-state index contributed by atoms with van der Waals surface area (Å²) < 4.78 is 1.82. The summed E-state index contributed by atoms with van der Waals surface area (Å²) in [7, 11) is 0. The van der Waals surface area contributed by atoms with Crippen molar-refractivity contribution in [3.63, 3.8) is 0 Å². The van der Waals surface area contributed by atoms with Crippen LogP contribution >= 0.6 is 0 Å². The lowest BCUT2D eigenvalue weighted by Crippen LogP contribution is -2.15. The lowest BCUT2D eigenvalue weighted by Gasteiger charge is -2.12. The summed E-state index contributed by atoms with van der Waals surface area (Å²) in [6, 6.07) is -0.00782. The van der Waals surface area contributed by atoms with Gasteiger partial charge in [-0.3, -0.25) is 0 Å². The van der Waals surface area contributed by atoms with Crippen LogP contribution in [-0.2, 0) is 13.0 Å². The molecule has 1 unspecified atom stereocenters. The molecule has 1 aliphatic carbocycles. The molecule has 5 nitrogen and oxygen atoms in total. The Bertz CT molecular complexity index is 332. The molecule has 0 amide bonds. The van der Waals surface area contributed by atoms with Gasteiger partial charge >= 0.3 is 0 Å². The summed E-state index contributed by atoms with van der Waals surface area (Å²) >= 11 is 0. The van der Waals surface area contributed by atoms with Gasteiger partial charge in [0, 0.05) is 6.54 Å². The number of hydrogen-bond donors (Lipinski definition) is 2. The Hall–Kier alpha value is -0.940. The van der Waals surface area contributed by atoms with Crippen molar-refractivity contribution in [2.45, 2.75) is 38.8 Å². The average molecular weight is 210 g/mol. The summed E-state index contributed by atoms with van der Waals surface area (Å²) in [5.74, 6) is 0.776. The van der Waals surface area contributed by atoms with E-state index < -0.39 is 0 Å². The Kier molecular flexibility index (Phi) is 3.02. The average Bonchev–Trinajstić information content (AvgIpc) is 2.97. The van der Waals surface area contributed by atoms with E-state index in [0.29, 0.717) is 6.54 Å². The van der Waals surface area contributed by atoms with E-state index >= 15 is 0 Å². The molecule has 15 heavy (non-hydrogen) atoms. The van der Waals surface area contributed by atoms with Crippen LogP contribution in [0.15, 0.2) is 0 Å². The van der Waals surface area contributed by atoms with E-state index in [1.807, 2.05) is 11.6 Å². The quantitative estimate of drug-likeness (QED) is 0.730. The highest BCUT2D eigenvalue weighted by molar-refractivity contribution is 5.12. The number of nitrogens with two attached hydrogens (primary N) is 1. The Labute approximate surface area is 89.3 Å². The summed E-state index contributed by atoms with van der Waals surface area (Å²) in [4.78, 5) is 0. The molecule has 0 aliphatic heterocycles. The zero-order chi connectivity index (χ0) is 10.8. The maximum atomic E-state index is 9.12. The highest BCUT2D eigenvalue weighted by atomic mass is 16.3. The fourth-order valence-electron chi connectivity index (χ4n) is 1.74. The fourth-order valence-corrected chi connectivity index (χ4v) is 1.74. The van der Waals surface area contributed by atoms with Crippen molar-refractivity contribution in [1.29, 1.82) is 0 Å². The van der Waals surface area contributed by atoms with Gasteiger partial charge in [-0.25, -0.2) is 4.68 Å². The van der Waals surface area contributed by atoms with Gasteiger partial charge in [0.1, 0.15) is 0 Å². The molecule has 0 saturated heterocycles. The minimum atomic E-state index is -0.00782. The number of nitrogens with zero attached hydrogens (tertiary/aromatic N) is 3. The van der Waals surface area contributed by atoms with Gasteiger partial charge in [-0.1, -0.05) is 5.21 Å². The molecule has 0 radical (unpaired) electrons. The van der Waals surface area contributed by atoms with E-state index in [2.05, 4.69) is 10.3 Å². The molecule has 1 aliphatic rings. The minimum absolute atomic E-state index is 0.00782. The molecule has 0 bridgehead atoms. The van der Waals surface area contributed by atoms with Crippen LogP contribution in [0.2, 0.25) is 0 Å². The predicted molar refractivity (Wildman–Crippen MR) is 56.1 cm³/mol. The van der Waals surface area contributed by atoms with E-state index in [9.17, 15) is 0 Å². The van der Waals surface area contributed by atoms with Gasteiger partial charge in [-0.15, -0.1) is 5.10 Å². The molecule has 3 N–H and O–H groups in total. The zero-order valence-electron chi connectivity index (χ0n) is 9.06. The van der Waals surface area contributed by atoms with Crippen LogP contribution in [-0.4, -0.2) is 26.7 Å². The molecule has 1 aromatic heterocycles. The molecule has 1 aromatic rings. The maximum absolute atomic E-state index is 9.12. The maximum Gasteiger partial charge on any atom is 0.0994 e. The molecule has 84 valence electrons. The third-order valence-electron chi connectivity index (χ3n) is 2.93. The third-order valence-corrected chi connectivity index (χ3v) is 2.93. The molecule has 5 heteroatoms. The van der Waals surface area contributed by atoms with Crippen LogP contribution < -0.4 is 5.73 Å². The van der Waals surface area contributed by atoms with Crippen LogP contribution in [0.25, 0.3) is 0 Å². The van der Waals surface area contributed by atoms with Crippen LogP contribution in [0.1, 0.15) is 37.2 Å². The van der Waals surface area contributed by atoms with Gasteiger partial charge in [0.05, 0.1) is 24.0 Å². The van der Waals surface area contributed by atoms with Gasteiger partial charge < -0.3 is 10.8 Å². The molecule has 1 atom stereocenters. The molecule has 1 fully saturated rings. The highest BCUT2D eigenvalue weighted by Gasteiger charge is 2.26. The summed E-state index contributed by atoms with van der Waals surface area (Å²) in [5.41, 5.74) is 7.61. The SMILES string of the molecule is CC(CO)n1nnc(CN)c1CC1CC1. The second-order valence-corrected chi connectivity index (χ2v) is 4.31. The lowest BCUT2D eigenvalue weighted by atomic mass is 10.1. The van der Waals surface area contributed by atoms with E-state index in [1.54, 1.807) is 0 Å². The smallest absolute Gasteiger partial charge is 0.0994 e. The van der Waals surface area contributed by atoms with Crippen LogP contribution in [0.4, 0.5) is 0 Å². The second-order valence-electron chi connectivity index (χ2n) is 4.31. The summed E-state index contributed by atoms with van der Waals surface area (Å²) in [6.45, 7) is 2.45. The molecule has 0 spiro atoms. The monoisotopic (exact) mass is 210 g/mol. The molecule has 1 heterocycles. The summed E-state index contributed by atoms with van der Waals surface area (Å²) in [6.07, 6.45) is 3.59. The van der Waals surface area contributed by atoms with Gasteiger partial charge in [0.25, 0.3) is 0 Å². The number of hydrogen-bond acceptors (Lipinski definition) is 4. The van der Waals surface area contributed by atoms with E-state index in [1.165, 1.54) is 12.8 Å². The second kappa shape index (κ2) is 4.28. The first-order valence-electron chi connectivity index (χ1n) is 5.50. The van der Waals surface area contributed by atoms with Gasteiger partial charge in [0.2, 0.25) is 0 Å². The van der Waals surface area contributed by atoms with Crippen LogP contribution in [0.3, 0.4) is 0 Å². The molecule has 2 rings (SSSR count). The first kappa shape index (κ1) is 10.6. The Balaban J connectivity index is 2.23.